The minimum atomic E-state index is -0.379. The molecule has 6 heteroatoms. The van der Waals surface area contributed by atoms with E-state index >= 15 is 0 Å². The predicted octanol–water partition coefficient (Wildman–Crippen LogP) is 4.22. The number of nitrogens with zero attached hydrogens (tertiary/aromatic N) is 2. The van der Waals surface area contributed by atoms with E-state index in [0.29, 0.717) is 5.02 Å². The maximum absolute atomic E-state index is 12.6. The summed E-state index contributed by atoms with van der Waals surface area (Å²) in [5.74, 6) is 0.745. The lowest BCUT2D eigenvalue weighted by molar-refractivity contribution is 0.235. The van der Waals surface area contributed by atoms with E-state index in [1.165, 1.54) is 0 Å². The Hall–Kier alpha value is -2.79. The zero-order valence-electron chi connectivity index (χ0n) is 14.7. The van der Waals surface area contributed by atoms with Crippen LogP contribution in [0.3, 0.4) is 0 Å². The van der Waals surface area contributed by atoms with E-state index in [2.05, 4.69) is 15.6 Å². The molecule has 0 radical (unpaired) electrons. The Morgan fingerprint density at radius 1 is 1.04 bits per heavy atom. The summed E-state index contributed by atoms with van der Waals surface area (Å²) in [5.41, 5.74) is 1.95. The lowest BCUT2D eigenvalue weighted by Crippen LogP contribution is -2.40. The first-order valence-electron chi connectivity index (χ1n) is 8.39. The van der Waals surface area contributed by atoms with Crippen LogP contribution in [0, 0.1) is 0 Å². The summed E-state index contributed by atoms with van der Waals surface area (Å²) in [6, 6.07) is 16.5. The first-order chi connectivity index (χ1) is 12.5. The van der Waals surface area contributed by atoms with Crippen LogP contribution in [-0.4, -0.2) is 15.6 Å². The van der Waals surface area contributed by atoms with Gasteiger partial charge in [-0.15, -0.1) is 0 Å². The van der Waals surface area contributed by atoms with Crippen molar-refractivity contribution in [3.8, 4) is 0 Å². The lowest BCUT2D eigenvalue weighted by atomic mass is 10.1. The summed E-state index contributed by atoms with van der Waals surface area (Å²) >= 11 is 5.99. The number of rotatable bonds is 5. The number of nitrogens with one attached hydrogen (secondary N) is 2. The standard InChI is InChI=1S/C20H21ClN4O/c1-14(15-6-4-3-5-7-15)23-20(26)24-18(19-22-12-13-25(19)2)16-8-10-17(21)11-9-16/h3-14,18H,1-2H3,(H2,23,24,26)/t14-,18+/m1/s1. The Balaban J connectivity index is 1.78. The van der Waals surface area contributed by atoms with Crippen LogP contribution in [0.25, 0.3) is 0 Å². The Bertz CT molecular complexity index is 861. The van der Waals surface area contributed by atoms with Crippen molar-refractivity contribution in [1.29, 1.82) is 0 Å². The number of hydrogen-bond acceptors (Lipinski definition) is 2. The second kappa shape index (κ2) is 8.06. The molecule has 0 aliphatic rings. The molecule has 0 fully saturated rings. The fraction of sp³-hybridized carbons (Fsp3) is 0.200. The molecule has 26 heavy (non-hydrogen) atoms. The van der Waals surface area contributed by atoms with E-state index in [-0.39, 0.29) is 18.1 Å². The van der Waals surface area contributed by atoms with Crippen molar-refractivity contribution in [3.63, 3.8) is 0 Å². The number of aromatic nitrogens is 2. The highest BCUT2D eigenvalue weighted by molar-refractivity contribution is 6.30. The van der Waals surface area contributed by atoms with E-state index in [4.69, 9.17) is 11.6 Å². The van der Waals surface area contributed by atoms with Gasteiger partial charge in [-0.05, 0) is 30.2 Å². The van der Waals surface area contributed by atoms with Crippen LogP contribution < -0.4 is 10.6 Å². The van der Waals surface area contributed by atoms with Gasteiger partial charge in [-0.3, -0.25) is 0 Å². The SMILES string of the molecule is C[C@@H](NC(=O)N[C@@H](c1ccc(Cl)cc1)c1nccn1C)c1ccccc1. The van der Waals surface area contributed by atoms with E-state index < -0.39 is 0 Å². The first kappa shape index (κ1) is 18.0. The van der Waals surface area contributed by atoms with E-state index in [1.54, 1.807) is 18.3 Å². The highest BCUT2D eigenvalue weighted by Crippen LogP contribution is 2.22. The maximum Gasteiger partial charge on any atom is 0.316 e. The van der Waals surface area contributed by atoms with Crippen molar-refractivity contribution < 1.29 is 4.79 Å². The second-order valence-corrected chi connectivity index (χ2v) is 6.57. The topological polar surface area (TPSA) is 59.0 Å². The van der Waals surface area contributed by atoms with Crippen LogP contribution in [0.15, 0.2) is 67.0 Å². The van der Waals surface area contributed by atoms with Gasteiger partial charge in [0, 0.05) is 24.5 Å². The van der Waals surface area contributed by atoms with Crippen LogP contribution in [-0.2, 0) is 7.05 Å². The normalized spacial score (nSPS) is 13.0. The molecule has 0 saturated carbocycles. The molecule has 0 saturated heterocycles. The molecule has 3 aromatic rings. The fourth-order valence-corrected chi connectivity index (χ4v) is 2.93. The number of amides is 2. The van der Waals surface area contributed by atoms with Gasteiger partial charge in [0.25, 0.3) is 0 Å². The van der Waals surface area contributed by atoms with Crippen molar-refractivity contribution in [1.82, 2.24) is 20.2 Å². The number of imidazole rings is 1. The van der Waals surface area contributed by atoms with Crippen LogP contribution in [0.1, 0.15) is 36.0 Å². The van der Waals surface area contributed by atoms with Gasteiger partial charge < -0.3 is 15.2 Å². The van der Waals surface area contributed by atoms with Crippen molar-refractivity contribution in [2.45, 2.75) is 19.0 Å². The molecule has 3 rings (SSSR count). The number of aryl methyl sites for hydroxylation is 1. The van der Waals surface area contributed by atoms with E-state index in [0.717, 1.165) is 17.0 Å². The summed E-state index contributed by atoms with van der Waals surface area (Å²) in [7, 11) is 1.90. The Morgan fingerprint density at radius 2 is 1.73 bits per heavy atom. The monoisotopic (exact) mass is 368 g/mol. The number of halogens is 1. The van der Waals surface area contributed by atoms with Crippen molar-refractivity contribution in [3.05, 3.63) is 89.0 Å². The predicted molar refractivity (Wildman–Crippen MR) is 103 cm³/mol. The van der Waals surface area contributed by atoms with Gasteiger partial charge in [0.2, 0.25) is 0 Å². The van der Waals surface area contributed by atoms with Gasteiger partial charge in [-0.2, -0.15) is 0 Å². The Labute approximate surface area is 158 Å². The zero-order valence-corrected chi connectivity index (χ0v) is 15.4. The number of carbonyl (C=O) groups excluding carboxylic acids is 1. The van der Waals surface area contributed by atoms with Crippen LogP contribution in [0.4, 0.5) is 4.79 Å². The molecular weight excluding hydrogens is 348 g/mol. The zero-order chi connectivity index (χ0) is 18.5. The molecule has 5 nitrogen and oxygen atoms in total. The highest BCUT2D eigenvalue weighted by Gasteiger charge is 2.21. The molecule has 0 spiro atoms. The number of hydrogen-bond donors (Lipinski definition) is 2. The summed E-state index contributed by atoms with van der Waals surface area (Å²) in [6.07, 6.45) is 3.56. The van der Waals surface area contributed by atoms with E-state index in [1.807, 2.05) is 67.2 Å². The number of carbonyl (C=O) groups is 1. The van der Waals surface area contributed by atoms with Crippen LogP contribution >= 0.6 is 11.6 Å². The summed E-state index contributed by atoms with van der Waals surface area (Å²) in [4.78, 5) is 17.0. The molecule has 1 heterocycles. The van der Waals surface area contributed by atoms with Gasteiger partial charge in [-0.25, -0.2) is 9.78 Å². The van der Waals surface area contributed by atoms with Gasteiger partial charge >= 0.3 is 6.03 Å². The number of urea groups is 1. The molecule has 2 amide bonds. The van der Waals surface area contributed by atoms with Gasteiger partial charge in [0.15, 0.2) is 0 Å². The molecule has 0 unspecified atom stereocenters. The van der Waals surface area contributed by atoms with Crippen molar-refractivity contribution >= 4 is 17.6 Å². The van der Waals surface area contributed by atoms with Gasteiger partial charge in [0.1, 0.15) is 11.9 Å². The second-order valence-electron chi connectivity index (χ2n) is 6.13. The summed E-state index contributed by atoms with van der Waals surface area (Å²) in [5, 5.41) is 6.64. The summed E-state index contributed by atoms with van der Waals surface area (Å²) in [6.45, 7) is 1.95. The number of benzene rings is 2. The molecule has 2 N–H and O–H groups in total. The molecule has 2 aromatic carbocycles. The molecule has 0 bridgehead atoms. The first-order valence-corrected chi connectivity index (χ1v) is 8.77. The molecular formula is C20H21ClN4O. The quantitative estimate of drug-likeness (QED) is 0.708. The summed E-state index contributed by atoms with van der Waals surface area (Å²) < 4.78 is 1.89. The largest absolute Gasteiger partial charge is 0.336 e. The minimum Gasteiger partial charge on any atom is -0.336 e. The van der Waals surface area contributed by atoms with Crippen molar-refractivity contribution in [2.75, 3.05) is 0 Å². The molecule has 1 aromatic heterocycles. The van der Waals surface area contributed by atoms with Gasteiger partial charge in [-0.1, -0.05) is 54.1 Å². The highest BCUT2D eigenvalue weighted by atomic mass is 35.5. The average molecular weight is 369 g/mol. The van der Waals surface area contributed by atoms with Gasteiger partial charge in [0.05, 0.1) is 6.04 Å². The third kappa shape index (κ3) is 4.24. The van der Waals surface area contributed by atoms with E-state index in [9.17, 15) is 4.79 Å². The van der Waals surface area contributed by atoms with Crippen molar-refractivity contribution in [2.24, 2.45) is 7.05 Å². The minimum absolute atomic E-state index is 0.108. The molecule has 0 aliphatic heterocycles. The average Bonchev–Trinajstić information content (AvgIpc) is 3.07. The maximum atomic E-state index is 12.6. The third-order valence-electron chi connectivity index (χ3n) is 4.24. The fourth-order valence-electron chi connectivity index (χ4n) is 2.80. The van der Waals surface area contributed by atoms with Crippen LogP contribution in [0.2, 0.25) is 5.02 Å². The molecule has 0 aliphatic carbocycles. The Morgan fingerprint density at radius 3 is 2.35 bits per heavy atom. The third-order valence-corrected chi connectivity index (χ3v) is 4.49. The lowest BCUT2D eigenvalue weighted by Gasteiger charge is -2.21. The Kier molecular flexibility index (Phi) is 5.58. The smallest absolute Gasteiger partial charge is 0.316 e. The molecule has 134 valence electrons. The molecule has 2 atom stereocenters. The van der Waals surface area contributed by atoms with Crippen LogP contribution in [0.5, 0.6) is 0 Å².